The van der Waals surface area contributed by atoms with Gasteiger partial charge in [0.1, 0.15) is 11.5 Å². The number of amides is 1. The highest BCUT2D eigenvalue weighted by Gasteiger charge is 2.09. The zero-order chi connectivity index (χ0) is 18.5. The normalized spacial score (nSPS) is 10.0. The van der Waals surface area contributed by atoms with Gasteiger partial charge in [0, 0.05) is 16.4 Å². The van der Waals surface area contributed by atoms with E-state index in [4.69, 9.17) is 16.9 Å². The number of aromatic nitrogens is 2. The molecule has 128 valence electrons. The molecule has 3 aromatic rings. The number of nitrogens with one attached hydrogen (secondary N) is 2. The van der Waals surface area contributed by atoms with E-state index in [9.17, 15) is 4.79 Å². The van der Waals surface area contributed by atoms with Crippen molar-refractivity contribution < 1.29 is 4.79 Å². The van der Waals surface area contributed by atoms with E-state index in [2.05, 4.69) is 20.6 Å². The summed E-state index contributed by atoms with van der Waals surface area (Å²) in [5.41, 5.74) is 3.05. The van der Waals surface area contributed by atoms with Crippen molar-refractivity contribution >= 4 is 34.7 Å². The third-order valence-electron chi connectivity index (χ3n) is 3.60. The SMILES string of the molecule is Cc1ccc(Nc2cnc(C(=O)Nc3ccc(C#N)cc3)cn2)cc1Cl. The third kappa shape index (κ3) is 4.15. The molecule has 0 aliphatic carbocycles. The summed E-state index contributed by atoms with van der Waals surface area (Å²) in [5, 5.41) is 15.2. The second kappa shape index (κ2) is 7.64. The molecule has 2 N–H and O–H groups in total. The first-order valence-corrected chi connectivity index (χ1v) is 8.10. The predicted octanol–water partition coefficient (Wildman–Crippen LogP) is 4.31. The zero-order valence-corrected chi connectivity index (χ0v) is 14.6. The van der Waals surface area contributed by atoms with Gasteiger partial charge in [0.15, 0.2) is 0 Å². The molecule has 0 fully saturated rings. The molecule has 0 atom stereocenters. The minimum absolute atomic E-state index is 0.182. The van der Waals surface area contributed by atoms with E-state index in [1.807, 2.05) is 25.1 Å². The minimum Gasteiger partial charge on any atom is -0.339 e. The zero-order valence-electron chi connectivity index (χ0n) is 13.8. The number of carbonyl (C=O) groups excluding carboxylic acids is 1. The van der Waals surface area contributed by atoms with Crippen LogP contribution in [0.3, 0.4) is 0 Å². The van der Waals surface area contributed by atoms with Crippen molar-refractivity contribution in [3.63, 3.8) is 0 Å². The summed E-state index contributed by atoms with van der Waals surface area (Å²) in [6.07, 6.45) is 2.86. The highest BCUT2D eigenvalue weighted by Crippen LogP contribution is 2.22. The highest BCUT2D eigenvalue weighted by atomic mass is 35.5. The second-order valence-corrected chi connectivity index (χ2v) is 5.93. The fourth-order valence-electron chi connectivity index (χ4n) is 2.15. The van der Waals surface area contributed by atoms with Crippen LogP contribution in [-0.2, 0) is 0 Å². The number of hydrogen-bond acceptors (Lipinski definition) is 5. The van der Waals surface area contributed by atoms with Crippen molar-refractivity contribution in [1.29, 1.82) is 5.26 Å². The quantitative estimate of drug-likeness (QED) is 0.720. The summed E-state index contributed by atoms with van der Waals surface area (Å²) in [6.45, 7) is 1.92. The van der Waals surface area contributed by atoms with Gasteiger partial charge in [-0.3, -0.25) is 4.79 Å². The molecule has 2 aromatic carbocycles. The summed E-state index contributed by atoms with van der Waals surface area (Å²) in [7, 11) is 0. The van der Waals surface area contributed by atoms with Gasteiger partial charge < -0.3 is 10.6 Å². The Kier molecular flexibility index (Phi) is 5.11. The van der Waals surface area contributed by atoms with Crippen LogP contribution in [-0.4, -0.2) is 15.9 Å². The minimum atomic E-state index is -0.382. The Morgan fingerprint density at radius 2 is 1.81 bits per heavy atom. The van der Waals surface area contributed by atoms with E-state index in [1.54, 1.807) is 30.3 Å². The number of aryl methyl sites for hydroxylation is 1. The van der Waals surface area contributed by atoms with Gasteiger partial charge in [-0.15, -0.1) is 0 Å². The van der Waals surface area contributed by atoms with Crippen molar-refractivity contribution in [2.24, 2.45) is 0 Å². The standard InChI is InChI=1S/C19H14ClN5O/c1-12-2-5-15(8-16(12)20)24-18-11-22-17(10-23-18)19(26)25-14-6-3-13(9-21)4-7-14/h2-8,10-11H,1H3,(H,23,24)(H,25,26). The van der Waals surface area contributed by atoms with Crippen molar-refractivity contribution in [3.05, 3.63) is 76.7 Å². The fourth-order valence-corrected chi connectivity index (χ4v) is 2.33. The Morgan fingerprint density at radius 1 is 1.08 bits per heavy atom. The molecule has 7 heteroatoms. The average Bonchev–Trinajstić information content (AvgIpc) is 2.66. The Labute approximate surface area is 155 Å². The lowest BCUT2D eigenvalue weighted by atomic mass is 10.2. The van der Waals surface area contributed by atoms with Crippen LogP contribution in [0.15, 0.2) is 54.9 Å². The van der Waals surface area contributed by atoms with Gasteiger partial charge in [-0.1, -0.05) is 17.7 Å². The van der Waals surface area contributed by atoms with Gasteiger partial charge in [-0.2, -0.15) is 5.26 Å². The number of rotatable bonds is 4. The van der Waals surface area contributed by atoms with Crippen LogP contribution in [0.4, 0.5) is 17.2 Å². The number of nitrogens with zero attached hydrogens (tertiary/aromatic N) is 3. The maximum absolute atomic E-state index is 12.2. The lowest BCUT2D eigenvalue weighted by Crippen LogP contribution is -2.14. The Morgan fingerprint density at radius 3 is 2.42 bits per heavy atom. The smallest absolute Gasteiger partial charge is 0.275 e. The molecule has 1 heterocycles. The summed E-state index contributed by atoms with van der Waals surface area (Å²) >= 11 is 6.10. The first-order valence-electron chi connectivity index (χ1n) is 7.72. The molecule has 0 radical (unpaired) electrons. The fraction of sp³-hybridized carbons (Fsp3) is 0.0526. The number of hydrogen-bond donors (Lipinski definition) is 2. The summed E-state index contributed by atoms with van der Waals surface area (Å²) in [4.78, 5) is 20.5. The lowest BCUT2D eigenvalue weighted by molar-refractivity contribution is 0.102. The van der Waals surface area contributed by atoms with E-state index >= 15 is 0 Å². The highest BCUT2D eigenvalue weighted by molar-refractivity contribution is 6.31. The first-order chi connectivity index (χ1) is 12.5. The van der Waals surface area contributed by atoms with Gasteiger partial charge in [0.2, 0.25) is 0 Å². The molecule has 1 amide bonds. The van der Waals surface area contributed by atoms with Gasteiger partial charge in [0.25, 0.3) is 5.91 Å². The third-order valence-corrected chi connectivity index (χ3v) is 4.01. The molecule has 1 aromatic heterocycles. The molecule has 26 heavy (non-hydrogen) atoms. The molecule has 0 spiro atoms. The second-order valence-electron chi connectivity index (χ2n) is 5.52. The van der Waals surface area contributed by atoms with Crippen LogP contribution in [0.1, 0.15) is 21.6 Å². The van der Waals surface area contributed by atoms with Crippen LogP contribution in [0, 0.1) is 18.3 Å². The van der Waals surface area contributed by atoms with E-state index in [-0.39, 0.29) is 11.6 Å². The molecular formula is C19H14ClN5O. The maximum atomic E-state index is 12.2. The van der Waals surface area contributed by atoms with E-state index < -0.39 is 0 Å². The first kappa shape index (κ1) is 17.4. The van der Waals surface area contributed by atoms with Crippen LogP contribution in [0.2, 0.25) is 5.02 Å². The van der Waals surface area contributed by atoms with Crippen molar-refractivity contribution in [3.8, 4) is 6.07 Å². The molecular weight excluding hydrogens is 350 g/mol. The molecule has 0 aliphatic heterocycles. The molecule has 6 nitrogen and oxygen atoms in total. The summed E-state index contributed by atoms with van der Waals surface area (Å²) in [6, 6.07) is 14.2. The van der Waals surface area contributed by atoms with Crippen LogP contribution in [0.25, 0.3) is 0 Å². The van der Waals surface area contributed by atoms with Gasteiger partial charge >= 0.3 is 0 Å². The van der Waals surface area contributed by atoms with Crippen molar-refractivity contribution in [2.75, 3.05) is 10.6 Å². The number of anilines is 3. The van der Waals surface area contributed by atoms with E-state index in [1.165, 1.54) is 12.4 Å². The van der Waals surface area contributed by atoms with Crippen molar-refractivity contribution in [1.82, 2.24) is 9.97 Å². The van der Waals surface area contributed by atoms with Crippen LogP contribution in [0.5, 0.6) is 0 Å². The maximum Gasteiger partial charge on any atom is 0.275 e. The predicted molar refractivity (Wildman–Crippen MR) is 101 cm³/mol. The average molecular weight is 364 g/mol. The largest absolute Gasteiger partial charge is 0.339 e. The number of nitriles is 1. The topological polar surface area (TPSA) is 90.7 Å². The van der Waals surface area contributed by atoms with Gasteiger partial charge in [-0.05, 0) is 48.9 Å². The van der Waals surface area contributed by atoms with Crippen molar-refractivity contribution in [2.45, 2.75) is 6.92 Å². The summed E-state index contributed by atoms with van der Waals surface area (Å²) < 4.78 is 0. The Hall–Kier alpha value is -3.43. The molecule has 0 saturated heterocycles. The lowest BCUT2D eigenvalue weighted by Gasteiger charge is -2.08. The number of benzene rings is 2. The van der Waals surface area contributed by atoms with E-state index in [0.29, 0.717) is 22.1 Å². The molecule has 0 unspecified atom stereocenters. The van der Waals surface area contributed by atoms with Crippen LogP contribution >= 0.6 is 11.6 Å². The molecule has 0 saturated carbocycles. The monoisotopic (exact) mass is 363 g/mol. The summed E-state index contributed by atoms with van der Waals surface area (Å²) in [5.74, 6) is 0.118. The molecule has 0 aliphatic rings. The van der Waals surface area contributed by atoms with E-state index in [0.717, 1.165) is 11.3 Å². The molecule has 0 bridgehead atoms. The number of halogens is 1. The Bertz CT molecular complexity index is 978. The number of carbonyl (C=O) groups is 1. The van der Waals surface area contributed by atoms with Gasteiger partial charge in [0.05, 0.1) is 24.0 Å². The van der Waals surface area contributed by atoms with Crippen LogP contribution < -0.4 is 10.6 Å². The Balaban J connectivity index is 1.67. The van der Waals surface area contributed by atoms with Gasteiger partial charge in [-0.25, -0.2) is 9.97 Å². The molecule has 3 rings (SSSR count).